The third-order valence-electron chi connectivity index (χ3n) is 5.13. The number of para-hydroxylation sites is 1. The first kappa shape index (κ1) is 17.4. The van der Waals surface area contributed by atoms with Gasteiger partial charge in [-0.1, -0.05) is 17.3 Å². The van der Waals surface area contributed by atoms with E-state index in [-0.39, 0.29) is 12.3 Å². The molecule has 0 aliphatic carbocycles. The molecule has 9 heteroatoms. The van der Waals surface area contributed by atoms with E-state index in [0.717, 1.165) is 17.0 Å². The molecule has 0 saturated carbocycles. The minimum absolute atomic E-state index is 0.0606. The lowest BCUT2D eigenvalue weighted by molar-refractivity contribution is -0.130. The van der Waals surface area contributed by atoms with Gasteiger partial charge in [-0.2, -0.15) is 0 Å². The zero-order valence-corrected chi connectivity index (χ0v) is 15.7. The van der Waals surface area contributed by atoms with Gasteiger partial charge in [0.25, 0.3) is 0 Å². The lowest BCUT2D eigenvalue weighted by Crippen LogP contribution is -2.49. The molecule has 5 rings (SSSR count). The maximum Gasteiger partial charge on any atom is 0.228 e. The fourth-order valence-corrected chi connectivity index (χ4v) is 3.55. The van der Waals surface area contributed by atoms with Crippen molar-refractivity contribution in [3.8, 4) is 5.82 Å². The van der Waals surface area contributed by atoms with Crippen LogP contribution in [0.15, 0.2) is 59.9 Å². The van der Waals surface area contributed by atoms with Crippen molar-refractivity contribution in [3.05, 3.63) is 61.1 Å². The Balaban J connectivity index is 1.23. The Hall–Kier alpha value is -3.75. The standard InChI is InChI=1S/C20H19N7O2/c28-20(11-16-15-3-1-2-4-17(15)29-24-16)26-9-7-25(8-10-26)18-12-19(23-13-22-18)27-6-5-21-14-27/h1-6,12-14H,7-11H2. The zero-order chi connectivity index (χ0) is 19.6. The predicted molar refractivity (Wildman–Crippen MR) is 106 cm³/mol. The predicted octanol–water partition coefficient (Wildman–Crippen LogP) is 1.69. The number of carbonyl (C=O) groups is 1. The largest absolute Gasteiger partial charge is 0.356 e. The summed E-state index contributed by atoms with van der Waals surface area (Å²) in [4.78, 5) is 29.5. The number of rotatable bonds is 4. The Morgan fingerprint density at radius 2 is 1.90 bits per heavy atom. The van der Waals surface area contributed by atoms with Crippen LogP contribution in [-0.2, 0) is 11.2 Å². The number of aromatic nitrogens is 5. The number of imidazole rings is 1. The van der Waals surface area contributed by atoms with Gasteiger partial charge >= 0.3 is 0 Å². The van der Waals surface area contributed by atoms with E-state index >= 15 is 0 Å². The second-order valence-corrected chi connectivity index (χ2v) is 6.87. The van der Waals surface area contributed by atoms with Crippen molar-refractivity contribution >= 4 is 22.7 Å². The second kappa shape index (κ2) is 7.34. The van der Waals surface area contributed by atoms with Crippen LogP contribution in [0, 0.1) is 0 Å². The second-order valence-electron chi connectivity index (χ2n) is 6.87. The van der Waals surface area contributed by atoms with Gasteiger partial charge in [0.15, 0.2) is 5.58 Å². The monoisotopic (exact) mass is 389 g/mol. The van der Waals surface area contributed by atoms with Crippen LogP contribution in [-0.4, -0.2) is 61.7 Å². The van der Waals surface area contributed by atoms with Crippen LogP contribution in [0.3, 0.4) is 0 Å². The van der Waals surface area contributed by atoms with Crippen molar-refractivity contribution in [1.82, 2.24) is 29.6 Å². The molecule has 1 aliphatic rings. The molecule has 1 fully saturated rings. The van der Waals surface area contributed by atoms with E-state index in [4.69, 9.17) is 4.52 Å². The van der Waals surface area contributed by atoms with Crippen LogP contribution in [0.25, 0.3) is 16.8 Å². The lowest BCUT2D eigenvalue weighted by atomic mass is 10.1. The number of nitrogens with zero attached hydrogens (tertiary/aromatic N) is 7. The minimum atomic E-state index is 0.0606. The molecule has 4 aromatic rings. The first-order valence-electron chi connectivity index (χ1n) is 9.44. The van der Waals surface area contributed by atoms with E-state index in [1.807, 2.05) is 46.0 Å². The van der Waals surface area contributed by atoms with Gasteiger partial charge in [-0.3, -0.25) is 9.36 Å². The lowest BCUT2D eigenvalue weighted by Gasteiger charge is -2.35. The smallest absolute Gasteiger partial charge is 0.228 e. The highest BCUT2D eigenvalue weighted by atomic mass is 16.5. The summed E-state index contributed by atoms with van der Waals surface area (Å²) < 4.78 is 7.14. The van der Waals surface area contributed by atoms with Crippen molar-refractivity contribution in [1.29, 1.82) is 0 Å². The van der Waals surface area contributed by atoms with Gasteiger partial charge in [-0.25, -0.2) is 15.0 Å². The topological polar surface area (TPSA) is 93.2 Å². The van der Waals surface area contributed by atoms with E-state index < -0.39 is 0 Å². The van der Waals surface area contributed by atoms with Crippen LogP contribution in [0.4, 0.5) is 5.82 Å². The van der Waals surface area contributed by atoms with E-state index in [9.17, 15) is 4.79 Å². The number of carbonyl (C=O) groups excluding carboxylic acids is 1. The third-order valence-corrected chi connectivity index (χ3v) is 5.13. The zero-order valence-electron chi connectivity index (χ0n) is 15.7. The summed E-state index contributed by atoms with van der Waals surface area (Å²) in [5.74, 6) is 1.67. The molecule has 146 valence electrons. The molecule has 0 radical (unpaired) electrons. The molecule has 1 aliphatic heterocycles. The average Bonchev–Trinajstić information content (AvgIpc) is 3.45. The summed E-state index contributed by atoms with van der Waals surface area (Å²) in [6.07, 6.45) is 7.06. The van der Waals surface area contributed by atoms with Gasteiger partial charge in [0.2, 0.25) is 5.91 Å². The molecule has 1 amide bonds. The Labute approximate surface area is 166 Å². The molecule has 0 spiro atoms. The van der Waals surface area contributed by atoms with Crippen molar-refractivity contribution in [2.24, 2.45) is 0 Å². The van der Waals surface area contributed by atoms with Gasteiger partial charge in [-0.15, -0.1) is 0 Å². The minimum Gasteiger partial charge on any atom is -0.356 e. The summed E-state index contributed by atoms with van der Waals surface area (Å²) in [7, 11) is 0. The van der Waals surface area contributed by atoms with E-state index in [1.54, 1.807) is 18.9 Å². The summed E-state index contributed by atoms with van der Waals surface area (Å²) in [6, 6.07) is 9.53. The van der Waals surface area contributed by atoms with Gasteiger partial charge < -0.3 is 14.3 Å². The fourth-order valence-electron chi connectivity index (χ4n) is 3.55. The fraction of sp³-hybridized carbons (Fsp3) is 0.250. The Kier molecular flexibility index (Phi) is 4.39. The number of anilines is 1. The normalized spacial score (nSPS) is 14.5. The van der Waals surface area contributed by atoms with Crippen LogP contribution in [0.5, 0.6) is 0 Å². The number of benzene rings is 1. The highest BCUT2D eigenvalue weighted by Gasteiger charge is 2.24. The van der Waals surface area contributed by atoms with Gasteiger partial charge in [0.1, 0.15) is 30.0 Å². The van der Waals surface area contributed by atoms with E-state index in [0.29, 0.717) is 37.5 Å². The van der Waals surface area contributed by atoms with Gasteiger partial charge in [0.05, 0.1) is 6.42 Å². The van der Waals surface area contributed by atoms with Gasteiger partial charge in [-0.05, 0) is 12.1 Å². The molecule has 0 N–H and O–H groups in total. The van der Waals surface area contributed by atoms with Crippen molar-refractivity contribution in [2.75, 3.05) is 31.1 Å². The molecule has 4 heterocycles. The summed E-state index contributed by atoms with van der Waals surface area (Å²) in [6.45, 7) is 2.70. The third kappa shape index (κ3) is 3.42. The van der Waals surface area contributed by atoms with Crippen LogP contribution in [0.2, 0.25) is 0 Å². The Morgan fingerprint density at radius 1 is 1.07 bits per heavy atom. The summed E-state index contributed by atoms with van der Waals surface area (Å²) >= 11 is 0. The maximum absolute atomic E-state index is 12.8. The average molecular weight is 389 g/mol. The molecule has 0 unspecified atom stereocenters. The Morgan fingerprint density at radius 3 is 2.72 bits per heavy atom. The first-order valence-corrected chi connectivity index (χ1v) is 9.44. The van der Waals surface area contributed by atoms with E-state index in [2.05, 4.69) is 25.0 Å². The van der Waals surface area contributed by atoms with Crippen molar-refractivity contribution in [3.63, 3.8) is 0 Å². The van der Waals surface area contributed by atoms with Crippen LogP contribution in [0.1, 0.15) is 5.69 Å². The Bertz CT molecular complexity index is 1130. The number of hydrogen-bond acceptors (Lipinski definition) is 7. The number of fused-ring (bicyclic) bond motifs is 1. The van der Waals surface area contributed by atoms with Gasteiger partial charge in [0, 0.05) is 50.0 Å². The molecular formula is C20H19N7O2. The molecule has 1 saturated heterocycles. The highest BCUT2D eigenvalue weighted by Crippen LogP contribution is 2.20. The number of piperazine rings is 1. The first-order chi connectivity index (χ1) is 14.3. The molecule has 1 aromatic carbocycles. The van der Waals surface area contributed by atoms with E-state index in [1.165, 1.54) is 0 Å². The quantitative estimate of drug-likeness (QED) is 0.524. The van der Waals surface area contributed by atoms with Crippen LogP contribution < -0.4 is 4.90 Å². The number of amides is 1. The highest BCUT2D eigenvalue weighted by molar-refractivity contribution is 5.86. The van der Waals surface area contributed by atoms with Crippen LogP contribution >= 0.6 is 0 Å². The molecule has 0 atom stereocenters. The molecule has 3 aromatic heterocycles. The molecule has 9 nitrogen and oxygen atoms in total. The summed E-state index contributed by atoms with van der Waals surface area (Å²) in [5, 5.41) is 4.97. The molecular weight excluding hydrogens is 370 g/mol. The number of hydrogen-bond donors (Lipinski definition) is 0. The molecule has 0 bridgehead atoms. The van der Waals surface area contributed by atoms with Crippen molar-refractivity contribution in [2.45, 2.75) is 6.42 Å². The molecule has 29 heavy (non-hydrogen) atoms. The summed E-state index contributed by atoms with van der Waals surface area (Å²) in [5.41, 5.74) is 1.39. The maximum atomic E-state index is 12.8. The SMILES string of the molecule is O=C(Cc1noc2ccccc12)N1CCN(c2cc(-n3ccnc3)ncn2)CC1. The van der Waals surface area contributed by atoms with Crippen molar-refractivity contribution < 1.29 is 9.32 Å².